The highest BCUT2D eigenvalue weighted by molar-refractivity contribution is 9.10. The zero-order valence-corrected chi connectivity index (χ0v) is 21.8. The van der Waals surface area contributed by atoms with E-state index in [0.717, 1.165) is 27.7 Å². The van der Waals surface area contributed by atoms with E-state index in [0.29, 0.717) is 23.0 Å². The van der Waals surface area contributed by atoms with E-state index in [1.807, 2.05) is 31.2 Å². The first-order valence-electron chi connectivity index (χ1n) is 11.3. The van der Waals surface area contributed by atoms with Gasteiger partial charge in [-0.15, -0.1) is 0 Å². The van der Waals surface area contributed by atoms with Crippen LogP contribution in [0.5, 0.6) is 11.5 Å². The number of anilines is 1. The molecule has 8 heteroatoms. The first kappa shape index (κ1) is 25.1. The molecular weight excluding hydrogens is 531 g/mol. The third-order valence-corrected chi connectivity index (χ3v) is 7.04. The van der Waals surface area contributed by atoms with Crippen LogP contribution in [-0.2, 0) is 17.8 Å². The molecule has 1 atom stereocenters. The van der Waals surface area contributed by atoms with Crippen LogP contribution in [0.4, 0.5) is 10.1 Å². The van der Waals surface area contributed by atoms with Crippen molar-refractivity contribution in [2.24, 2.45) is 0 Å². The van der Waals surface area contributed by atoms with Crippen LogP contribution in [0.15, 0.2) is 70.0 Å². The van der Waals surface area contributed by atoms with Crippen molar-refractivity contribution in [2.45, 2.75) is 32.4 Å². The van der Waals surface area contributed by atoms with Gasteiger partial charge in [-0.25, -0.2) is 4.39 Å². The summed E-state index contributed by atoms with van der Waals surface area (Å²) in [6.45, 7) is 4.66. The van der Waals surface area contributed by atoms with Crippen molar-refractivity contribution < 1.29 is 18.7 Å². The van der Waals surface area contributed by atoms with Gasteiger partial charge < -0.3 is 20.1 Å². The molecule has 182 valence electrons. The van der Waals surface area contributed by atoms with Gasteiger partial charge >= 0.3 is 0 Å². The molecule has 0 unspecified atom stereocenters. The number of halogens is 2. The average Bonchev–Trinajstić information content (AvgIpc) is 3.19. The molecule has 1 fully saturated rings. The summed E-state index contributed by atoms with van der Waals surface area (Å²) in [5.74, 6) is 0.628. The molecule has 0 aliphatic carbocycles. The average molecular weight is 557 g/mol. The lowest BCUT2D eigenvalue weighted by Gasteiger charge is -2.14. The summed E-state index contributed by atoms with van der Waals surface area (Å²) in [6.07, 6.45) is 2.81. The number of benzene rings is 3. The smallest absolute Gasteiger partial charge is 0.260 e. The Bertz CT molecular complexity index is 1230. The van der Waals surface area contributed by atoms with E-state index in [1.165, 1.54) is 29.5 Å². The van der Waals surface area contributed by atoms with Crippen LogP contribution in [-0.4, -0.2) is 18.0 Å². The molecule has 0 aromatic heterocycles. The van der Waals surface area contributed by atoms with Gasteiger partial charge in [0, 0.05) is 10.2 Å². The lowest BCUT2D eigenvalue weighted by atomic mass is 10.1. The Hall–Kier alpha value is -2.97. The number of carbonyl (C=O) groups is 1. The molecule has 1 aliphatic heterocycles. The Balaban J connectivity index is 1.49. The Morgan fingerprint density at radius 3 is 2.54 bits per heavy atom. The molecule has 5 nitrogen and oxygen atoms in total. The number of rotatable bonds is 9. The highest BCUT2D eigenvalue weighted by atomic mass is 79.9. The summed E-state index contributed by atoms with van der Waals surface area (Å²) in [5.41, 5.74) is 3.45. The third-order valence-electron chi connectivity index (χ3n) is 5.32. The first-order valence-corrected chi connectivity index (χ1v) is 13.0. The van der Waals surface area contributed by atoms with Gasteiger partial charge in [-0.05, 0) is 72.5 Å². The molecule has 1 aliphatic rings. The molecule has 0 spiro atoms. The van der Waals surface area contributed by atoms with Gasteiger partial charge in [0.15, 0.2) is 17.0 Å². The lowest BCUT2D eigenvalue weighted by Crippen LogP contribution is -2.30. The van der Waals surface area contributed by atoms with Crippen LogP contribution in [0.2, 0.25) is 0 Å². The highest BCUT2D eigenvalue weighted by Gasteiger charge is 2.27. The van der Waals surface area contributed by atoms with Gasteiger partial charge in [0.05, 0.1) is 11.5 Å². The van der Waals surface area contributed by atoms with E-state index in [4.69, 9.17) is 9.47 Å². The van der Waals surface area contributed by atoms with Crippen LogP contribution in [0.1, 0.15) is 30.5 Å². The minimum atomic E-state index is -0.308. The second-order valence-corrected chi connectivity index (χ2v) is 9.85. The largest absolute Gasteiger partial charge is 0.490 e. The maximum absolute atomic E-state index is 13.5. The first-order chi connectivity index (χ1) is 16.9. The summed E-state index contributed by atoms with van der Waals surface area (Å²) in [7, 11) is 0. The monoisotopic (exact) mass is 556 g/mol. The van der Waals surface area contributed by atoms with Gasteiger partial charge in [-0.2, -0.15) is 0 Å². The Morgan fingerprint density at radius 2 is 1.83 bits per heavy atom. The molecule has 4 rings (SSSR count). The molecular formula is C27H26BrFN2O3S. The van der Waals surface area contributed by atoms with Crippen molar-refractivity contribution >= 4 is 45.4 Å². The molecule has 35 heavy (non-hydrogen) atoms. The second kappa shape index (κ2) is 11.6. The van der Waals surface area contributed by atoms with E-state index in [1.54, 1.807) is 18.2 Å². The molecule has 3 aromatic rings. The number of nitrogens with one attached hydrogen (secondary N) is 2. The number of carbonyl (C=O) groups excluding carboxylic acids is 1. The zero-order valence-electron chi connectivity index (χ0n) is 19.4. The number of hydrogen-bond acceptors (Lipinski definition) is 5. The van der Waals surface area contributed by atoms with E-state index in [9.17, 15) is 9.18 Å². The van der Waals surface area contributed by atoms with Crippen molar-refractivity contribution in [3.63, 3.8) is 0 Å². The normalized spacial score (nSPS) is 16.3. The molecule has 2 N–H and O–H groups in total. The van der Waals surface area contributed by atoms with Gasteiger partial charge in [-0.1, -0.05) is 58.9 Å². The maximum atomic E-state index is 13.5. The molecule has 0 radical (unpaired) electrons. The molecule has 1 amide bonds. The summed E-state index contributed by atoms with van der Waals surface area (Å²) in [5, 5.41) is 6.29. The second-order valence-electron chi connectivity index (χ2n) is 7.85. The summed E-state index contributed by atoms with van der Waals surface area (Å²) in [6, 6.07) is 18.1. The van der Waals surface area contributed by atoms with Crippen LogP contribution < -0.4 is 20.1 Å². The predicted molar refractivity (Wildman–Crippen MR) is 143 cm³/mol. The fraction of sp³-hybridized carbons (Fsp3) is 0.222. The number of hydrogen-bond donors (Lipinski definition) is 2. The molecule has 1 heterocycles. The summed E-state index contributed by atoms with van der Waals surface area (Å²) >= 11 is 5.00. The quantitative estimate of drug-likeness (QED) is 0.286. The van der Waals surface area contributed by atoms with E-state index < -0.39 is 0 Å². The minimum absolute atomic E-state index is 0.144. The van der Waals surface area contributed by atoms with Gasteiger partial charge in [0.2, 0.25) is 0 Å². The summed E-state index contributed by atoms with van der Waals surface area (Å²) in [4.78, 5) is 13.2. The lowest BCUT2D eigenvalue weighted by molar-refractivity contribution is -0.116. The van der Waals surface area contributed by atoms with Crippen LogP contribution in [0, 0.1) is 5.82 Å². The van der Waals surface area contributed by atoms with Gasteiger partial charge in [0.25, 0.3) is 5.91 Å². The minimum Gasteiger partial charge on any atom is -0.490 e. The number of amides is 1. The fourth-order valence-electron chi connectivity index (χ4n) is 3.52. The van der Waals surface area contributed by atoms with Crippen molar-refractivity contribution in [2.75, 3.05) is 11.9 Å². The number of thioether (sulfide) groups is 1. The maximum Gasteiger partial charge on any atom is 0.260 e. The Morgan fingerprint density at radius 1 is 1.06 bits per heavy atom. The number of ether oxygens (including phenoxy) is 2. The fourth-order valence-corrected chi connectivity index (χ4v) is 4.94. The molecule has 0 bridgehead atoms. The third kappa shape index (κ3) is 6.58. The van der Waals surface area contributed by atoms with Gasteiger partial charge in [0.1, 0.15) is 12.4 Å². The van der Waals surface area contributed by atoms with Crippen LogP contribution >= 0.6 is 27.7 Å². The molecule has 3 aromatic carbocycles. The number of aryl methyl sites for hydroxylation is 1. The van der Waals surface area contributed by atoms with Crippen molar-refractivity contribution in [3.8, 4) is 11.5 Å². The molecule has 0 saturated carbocycles. The van der Waals surface area contributed by atoms with Crippen LogP contribution in [0.25, 0.3) is 6.08 Å². The highest BCUT2D eigenvalue weighted by Crippen LogP contribution is 2.38. The van der Waals surface area contributed by atoms with Crippen molar-refractivity contribution in [1.29, 1.82) is 0 Å². The van der Waals surface area contributed by atoms with Crippen molar-refractivity contribution in [1.82, 2.24) is 5.32 Å². The Kier molecular flexibility index (Phi) is 8.36. The van der Waals surface area contributed by atoms with E-state index in [2.05, 4.69) is 45.6 Å². The topological polar surface area (TPSA) is 59.6 Å². The van der Waals surface area contributed by atoms with Crippen molar-refractivity contribution in [3.05, 3.63) is 92.5 Å². The van der Waals surface area contributed by atoms with Crippen LogP contribution in [0.3, 0.4) is 0 Å². The molecule has 1 saturated heterocycles. The van der Waals surface area contributed by atoms with E-state index in [-0.39, 0.29) is 23.8 Å². The van der Waals surface area contributed by atoms with Gasteiger partial charge in [-0.3, -0.25) is 4.79 Å². The summed E-state index contributed by atoms with van der Waals surface area (Å²) < 4.78 is 25.9. The predicted octanol–water partition coefficient (Wildman–Crippen LogP) is 6.73. The standard InChI is InChI=1S/C27H26BrFN2O3S/c1-3-17-8-10-21(11-9-17)30-27-31-26(32)25(35-27)14-19-13-23(33-4-2)24(15-22(19)28)34-16-18-6-5-7-20(29)12-18/h5-15,27,30H,3-4,16H2,1-2H3,(H,31,32)/b25-14-/t27-/m0/s1. The SMILES string of the molecule is CCOc1cc(/C=C2\S[C@@H](Nc3ccc(CC)cc3)NC2=O)c(Br)cc1OCc1cccc(F)c1. The Labute approximate surface area is 217 Å². The van der Waals surface area contributed by atoms with E-state index >= 15 is 0 Å². The zero-order chi connectivity index (χ0) is 24.8.